The lowest BCUT2D eigenvalue weighted by atomic mass is 9.72. The van der Waals surface area contributed by atoms with Crippen LogP contribution in [0.15, 0.2) is 33.3 Å². The minimum absolute atomic E-state index is 0.00564. The molecule has 32 heavy (non-hydrogen) atoms. The van der Waals surface area contributed by atoms with Crippen LogP contribution < -0.4 is 0 Å². The van der Waals surface area contributed by atoms with Crippen LogP contribution in [0.3, 0.4) is 0 Å². The first-order valence-corrected chi connectivity index (χ1v) is 12.9. The Kier molecular flexibility index (Phi) is 4.83. The molecule has 3 heterocycles. The summed E-state index contributed by atoms with van der Waals surface area (Å²) in [6.07, 6.45) is 12.1. The summed E-state index contributed by atoms with van der Waals surface area (Å²) in [6.45, 7) is 0.614. The molecular formula is C25H27N3O3S. The van der Waals surface area contributed by atoms with Gasteiger partial charge in [0, 0.05) is 35.4 Å². The van der Waals surface area contributed by atoms with Crippen LogP contribution in [0.1, 0.15) is 64.2 Å². The van der Waals surface area contributed by atoms with Crippen molar-refractivity contribution in [3.05, 3.63) is 33.3 Å². The quantitative estimate of drug-likeness (QED) is 0.602. The normalized spacial score (nSPS) is 31.2. The Bertz CT molecular complexity index is 1050. The summed E-state index contributed by atoms with van der Waals surface area (Å²) in [5.74, 6) is -0.768. The van der Waals surface area contributed by atoms with E-state index in [2.05, 4.69) is 6.07 Å². The van der Waals surface area contributed by atoms with E-state index in [0.29, 0.717) is 28.2 Å². The van der Waals surface area contributed by atoms with Gasteiger partial charge in [0.15, 0.2) is 0 Å². The summed E-state index contributed by atoms with van der Waals surface area (Å²) in [6, 6.07) is 2.34. The van der Waals surface area contributed by atoms with Crippen molar-refractivity contribution in [2.45, 2.75) is 81.5 Å². The molecule has 0 radical (unpaired) electrons. The van der Waals surface area contributed by atoms with Gasteiger partial charge in [0.1, 0.15) is 0 Å². The van der Waals surface area contributed by atoms with Crippen LogP contribution in [0.25, 0.3) is 0 Å². The lowest BCUT2D eigenvalue weighted by molar-refractivity contribution is -0.144. The average Bonchev–Trinajstić information content (AvgIpc) is 3.21. The topological polar surface area (TPSA) is 81.5 Å². The van der Waals surface area contributed by atoms with E-state index in [1.807, 2.05) is 4.90 Å². The molecule has 0 aromatic carbocycles. The van der Waals surface area contributed by atoms with Crippen LogP contribution in [0.2, 0.25) is 0 Å². The maximum absolute atomic E-state index is 13.6. The number of carbonyl (C=O) groups is 3. The van der Waals surface area contributed by atoms with Gasteiger partial charge in [-0.15, -0.1) is 11.8 Å². The Morgan fingerprint density at radius 3 is 2.19 bits per heavy atom. The smallest absolute Gasteiger partial charge is 0.267 e. The first-order chi connectivity index (χ1) is 15.6. The van der Waals surface area contributed by atoms with Crippen LogP contribution in [-0.4, -0.2) is 51.4 Å². The summed E-state index contributed by atoms with van der Waals surface area (Å²) in [5.41, 5.74) is 1.92. The summed E-state index contributed by atoms with van der Waals surface area (Å²) in [4.78, 5) is 44.8. The van der Waals surface area contributed by atoms with Crippen molar-refractivity contribution >= 4 is 29.5 Å². The zero-order valence-corrected chi connectivity index (χ0v) is 19.0. The highest BCUT2D eigenvalue weighted by atomic mass is 32.2. The van der Waals surface area contributed by atoms with Gasteiger partial charge < -0.3 is 4.90 Å². The van der Waals surface area contributed by atoms with Gasteiger partial charge in [-0.05, 0) is 37.3 Å². The van der Waals surface area contributed by atoms with E-state index >= 15 is 0 Å². The largest absolute Gasteiger partial charge is 0.335 e. The first kappa shape index (κ1) is 20.3. The SMILES string of the molecule is N#CC1=C2C(=O)N(C3CCCCC3)C(=O)C3=C2C2C(=C1)C(=O)N(C1CCCCC1)CC2S3. The van der Waals surface area contributed by atoms with Gasteiger partial charge in [-0.25, -0.2) is 0 Å². The molecule has 3 aliphatic heterocycles. The zero-order chi connectivity index (χ0) is 22.0. The highest BCUT2D eigenvalue weighted by molar-refractivity contribution is 8.05. The molecule has 0 N–H and O–H groups in total. The van der Waals surface area contributed by atoms with E-state index in [-0.39, 0.29) is 46.5 Å². The lowest BCUT2D eigenvalue weighted by Gasteiger charge is -2.44. The Morgan fingerprint density at radius 1 is 0.875 bits per heavy atom. The maximum Gasteiger partial charge on any atom is 0.267 e. The Labute approximate surface area is 192 Å². The second kappa shape index (κ2) is 7.62. The molecule has 3 fully saturated rings. The van der Waals surface area contributed by atoms with Gasteiger partial charge in [0.2, 0.25) is 0 Å². The van der Waals surface area contributed by atoms with Crippen LogP contribution in [-0.2, 0) is 14.4 Å². The molecule has 1 saturated heterocycles. The van der Waals surface area contributed by atoms with Gasteiger partial charge >= 0.3 is 0 Å². The number of nitrogens with zero attached hydrogens (tertiary/aromatic N) is 3. The third-order valence-electron chi connectivity index (χ3n) is 8.18. The van der Waals surface area contributed by atoms with Crippen LogP contribution in [0.5, 0.6) is 0 Å². The second-order valence-electron chi connectivity index (χ2n) is 9.90. The summed E-state index contributed by atoms with van der Waals surface area (Å²) in [7, 11) is 0. The zero-order valence-electron chi connectivity index (χ0n) is 18.1. The lowest BCUT2D eigenvalue weighted by Crippen LogP contribution is -2.53. The Morgan fingerprint density at radius 2 is 1.53 bits per heavy atom. The van der Waals surface area contributed by atoms with E-state index in [4.69, 9.17) is 0 Å². The molecule has 3 aliphatic carbocycles. The molecule has 2 saturated carbocycles. The molecule has 2 unspecified atom stereocenters. The van der Waals surface area contributed by atoms with E-state index in [1.54, 1.807) is 17.8 Å². The van der Waals surface area contributed by atoms with Crippen molar-refractivity contribution in [2.24, 2.45) is 5.92 Å². The minimum atomic E-state index is -0.323. The molecule has 0 aromatic rings. The van der Waals surface area contributed by atoms with Crippen molar-refractivity contribution in [3.8, 4) is 6.07 Å². The standard InChI is InChI=1S/C25H27N3O3S/c26-12-14-11-17-20-18(13-27(23(17)29)15-7-3-1-4-8-15)32-22-21(20)19(14)24(30)28(25(22)31)16-9-5-2-6-10-16/h11,15-16,18,20H,1-10,13H2. The number of hydrogen-bond donors (Lipinski definition) is 0. The van der Waals surface area contributed by atoms with E-state index in [9.17, 15) is 19.6 Å². The molecule has 6 nitrogen and oxygen atoms in total. The van der Waals surface area contributed by atoms with Crippen LogP contribution >= 0.6 is 11.8 Å². The summed E-state index contributed by atoms with van der Waals surface area (Å²) >= 11 is 1.54. The highest BCUT2D eigenvalue weighted by Gasteiger charge is 2.56. The van der Waals surface area contributed by atoms with Crippen molar-refractivity contribution in [1.82, 2.24) is 9.80 Å². The van der Waals surface area contributed by atoms with Gasteiger partial charge in [-0.3, -0.25) is 19.3 Å². The van der Waals surface area contributed by atoms with E-state index < -0.39 is 0 Å². The third kappa shape index (κ3) is 2.81. The molecule has 6 rings (SSSR count). The number of piperidine rings is 1. The number of rotatable bonds is 2. The van der Waals surface area contributed by atoms with Crippen molar-refractivity contribution in [2.75, 3.05) is 6.54 Å². The van der Waals surface area contributed by atoms with Gasteiger partial charge in [0.05, 0.1) is 22.1 Å². The maximum atomic E-state index is 13.6. The fourth-order valence-corrected chi connectivity index (χ4v) is 8.17. The monoisotopic (exact) mass is 449 g/mol. The van der Waals surface area contributed by atoms with Gasteiger partial charge in [-0.1, -0.05) is 38.5 Å². The molecule has 2 atom stereocenters. The fourth-order valence-electron chi connectivity index (χ4n) is 6.66. The molecule has 0 aromatic heterocycles. The number of imide groups is 1. The number of thioether (sulfide) groups is 1. The van der Waals surface area contributed by atoms with Gasteiger partial charge in [0.25, 0.3) is 17.7 Å². The summed E-state index contributed by atoms with van der Waals surface area (Å²) < 4.78 is 0. The van der Waals surface area contributed by atoms with Crippen LogP contribution in [0.4, 0.5) is 0 Å². The number of hydrogen-bond acceptors (Lipinski definition) is 5. The molecular weight excluding hydrogens is 422 g/mol. The Balaban J connectivity index is 1.43. The third-order valence-corrected chi connectivity index (χ3v) is 9.53. The predicted octanol–water partition coefficient (Wildman–Crippen LogP) is 3.61. The summed E-state index contributed by atoms with van der Waals surface area (Å²) in [5, 5.41) is 9.98. The van der Waals surface area contributed by atoms with Crippen LogP contribution in [0, 0.1) is 17.2 Å². The molecule has 6 aliphatic rings. The first-order valence-electron chi connectivity index (χ1n) is 12.1. The molecule has 7 heteroatoms. The van der Waals surface area contributed by atoms with Crippen molar-refractivity contribution in [3.63, 3.8) is 0 Å². The number of likely N-dealkylation sites (tertiary alicyclic amines) is 1. The van der Waals surface area contributed by atoms with E-state index in [0.717, 1.165) is 57.8 Å². The molecule has 3 amide bonds. The number of amides is 3. The number of nitriles is 1. The second-order valence-corrected chi connectivity index (χ2v) is 11.1. The van der Waals surface area contributed by atoms with E-state index in [1.165, 1.54) is 11.3 Å². The minimum Gasteiger partial charge on any atom is -0.335 e. The molecule has 0 bridgehead atoms. The fraction of sp³-hybridized carbons (Fsp3) is 0.600. The number of carbonyl (C=O) groups excluding carboxylic acids is 3. The van der Waals surface area contributed by atoms with Crippen molar-refractivity contribution in [1.29, 1.82) is 5.26 Å². The van der Waals surface area contributed by atoms with Crippen molar-refractivity contribution < 1.29 is 14.4 Å². The van der Waals surface area contributed by atoms with Gasteiger partial charge in [-0.2, -0.15) is 5.26 Å². The Hall–Kier alpha value is -2.33. The molecule has 0 spiro atoms. The highest BCUT2D eigenvalue weighted by Crippen LogP contribution is 2.56. The number of allylic oxidation sites excluding steroid dienone is 2. The molecule has 166 valence electrons. The average molecular weight is 450 g/mol. The predicted molar refractivity (Wildman–Crippen MR) is 120 cm³/mol.